The van der Waals surface area contributed by atoms with Gasteiger partial charge < -0.3 is 19.3 Å². The number of carbonyl (C=O) groups is 2. The quantitative estimate of drug-likeness (QED) is 0.598. The van der Waals surface area contributed by atoms with Crippen LogP contribution < -0.4 is 9.57 Å². The Labute approximate surface area is 159 Å². The number of amides is 1. The van der Waals surface area contributed by atoms with Gasteiger partial charge in [0.15, 0.2) is 0 Å². The van der Waals surface area contributed by atoms with Crippen molar-refractivity contribution in [3.63, 3.8) is 0 Å². The van der Waals surface area contributed by atoms with Crippen LogP contribution >= 0.6 is 11.8 Å². The summed E-state index contributed by atoms with van der Waals surface area (Å²) in [5, 5.41) is 0. The van der Waals surface area contributed by atoms with Crippen LogP contribution in [0.2, 0.25) is 0 Å². The number of rotatable bonds is 6. The predicted molar refractivity (Wildman–Crippen MR) is 99.2 cm³/mol. The van der Waals surface area contributed by atoms with Gasteiger partial charge in [0.1, 0.15) is 11.8 Å². The van der Waals surface area contributed by atoms with Gasteiger partial charge in [-0.1, -0.05) is 12.1 Å². The Balaban J connectivity index is 1.89. The van der Waals surface area contributed by atoms with Crippen molar-refractivity contribution in [1.29, 1.82) is 0 Å². The monoisotopic (exact) mass is 383 g/mol. The Kier molecular flexibility index (Phi) is 7.68. The molecule has 1 aromatic carbocycles. The van der Waals surface area contributed by atoms with Gasteiger partial charge >= 0.3 is 12.1 Å². The van der Waals surface area contributed by atoms with Crippen LogP contribution in [0.1, 0.15) is 19.4 Å². The normalized spacial score (nSPS) is 16.4. The van der Waals surface area contributed by atoms with E-state index < -0.39 is 12.0 Å². The average molecular weight is 384 g/mol. The molecule has 144 valence electrons. The number of likely N-dealkylation sites (N-methyl/N-ethyl adjacent to an activating group) is 1. The third kappa shape index (κ3) is 6.16. The number of hydrogen-bond acceptors (Lipinski definition) is 6. The molecule has 0 unspecified atom stereocenters. The van der Waals surface area contributed by atoms with E-state index in [0.717, 1.165) is 18.7 Å². The molecule has 0 saturated carbocycles. The Morgan fingerprint density at radius 1 is 1.15 bits per heavy atom. The van der Waals surface area contributed by atoms with E-state index in [0.29, 0.717) is 25.3 Å². The van der Waals surface area contributed by atoms with Crippen LogP contribution in [0.3, 0.4) is 0 Å². The number of halogens is 1. The first kappa shape index (κ1) is 20.5. The summed E-state index contributed by atoms with van der Waals surface area (Å²) in [6, 6.07) is 6.38. The van der Waals surface area contributed by atoms with E-state index in [1.54, 1.807) is 43.0 Å². The molecule has 1 aliphatic rings. The lowest BCUT2D eigenvalue weighted by atomic mass is 10.1. The summed E-state index contributed by atoms with van der Waals surface area (Å²) >= 11 is 5.66. The third-order valence-electron chi connectivity index (χ3n) is 4.10. The van der Waals surface area contributed by atoms with Crippen molar-refractivity contribution in [3.05, 3.63) is 29.8 Å². The van der Waals surface area contributed by atoms with Gasteiger partial charge in [0.05, 0.1) is 6.10 Å². The highest BCUT2D eigenvalue weighted by molar-refractivity contribution is 6.14. The van der Waals surface area contributed by atoms with Crippen molar-refractivity contribution < 1.29 is 19.1 Å². The predicted octanol–water partition coefficient (Wildman–Crippen LogP) is 2.04. The fourth-order valence-electron chi connectivity index (χ4n) is 2.56. The molecule has 1 N–H and O–H groups in total. The minimum absolute atomic E-state index is 0.202. The van der Waals surface area contributed by atoms with Crippen molar-refractivity contribution in [3.8, 4) is 5.75 Å². The highest BCUT2D eigenvalue weighted by Gasteiger charge is 2.22. The fraction of sp³-hybridized carbons (Fsp3) is 0.556. The molecule has 0 aliphatic carbocycles. The Morgan fingerprint density at radius 2 is 1.77 bits per heavy atom. The molecular weight excluding hydrogens is 358 g/mol. The Morgan fingerprint density at radius 3 is 2.31 bits per heavy atom. The van der Waals surface area contributed by atoms with Gasteiger partial charge in [0.25, 0.3) is 0 Å². The molecule has 0 radical (unpaired) electrons. The van der Waals surface area contributed by atoms with E-state index in [1.165, 1.54) is 0 Å². The van der Waals surface area contributed by atoms with Gasteiger partial charge in [0.2, 0.25) is 0 Å². The molecule has 26 heavy (non-hydrogen) atoms. The van der Waals surface area contributed by atoms with Crippen molar-refractivity contribution in [2.45, 2.75) is 32.4 Å². The van der Waals surface area contributed by atoms with Gasteiger partial charge in [0, 0.05) is 26.2 Å². The maximum Gasteiger partial charge on any atom is 0.415 e. The largest absolute Gasteiger partial charge is 0.462 e. The Hall–Kier alpha value is -1.83. The van der Waals surface area contributed by atoms with Crippen molar-refractivity contribution in [1.82, 2.24) is 14.6 Å². The topological polar surface area (TPSA) is 71.1 Å². The van der Waals surface area contributed by atoms with Crippen LogP contribution in [0.5, 0.6) is 5.75 Å². The number of esters is 1. The molecule has 2 rings (SSSR count). The fourth-order valence-corrected chi connectivity index (χ4v) is 2.73. The molecule has 8 heteroatoms. The van der Waals surface area contributed by atoms with Gasteiger partial charge in [-0.3, -0.25) is 4.79 Å². The second-order valence-corrected chi connectivity index (χ2v) is 6.87. The summed E-state index contributed by atoms with van der Waals surface area (Å²) in [6.45, 7) is 6.57. The second kappa shape index (κ2) is 9.75. The molecule has 1 aliphatic heterocycles. The molecule has 0 spiro atoms. The number of piperazine rings is 1. The summed E-state index contributed by atoms with van der Waals surface area (Å²) in [5.41, 5.74) is 0.878. The van der Waals surface area contributed by atoms with E-state index >= 15 is 0 Å². The van der Waals surface area contributed by atoms with Crippen molar-refractivity contribution in [2.24, 2.45) is 0 Å². The number of benzene rings is 1. The second-order valence-electron chi connectivity index (χ2n) is 6.65. The van der Waals surface area contributed by atoms with Gasteiger partial charge in [-0.05, 0) is 56.8 Å². The number of nitrogens with one attached hydrogen (secondary N) is 1. The zero-order chi connectivity index (χ0) is 19.1. The molecule has 0 aromatic heterocycles. The zero-order valence-electron chi connectivity index (χ0n) is 15.4. The zero-order valence-corrected chi connectivity index (χ0v) is 16.2. The lowest BCUT2D eigenvalue weighted by Crippen LogP contribution is -2.48. The molecule has 1 atom stereocenters. The van der Waals surface area contributed by atoms with Crippen LogP contribution in [0, 0.1) is 0 Å². The van der Waals surface area contributed by atoms with Crippen molar-refractivity contribution in [2.75, 3.05) is 33.2 Å². The molecule has 1 fully saturated rings. The first-order valence-corrected chi connectivity index (χ1v) is 9.07. The molecule has 1 amide bonds. The number of hydrogen-bond donors (Lipinski definition) is 1. The molecule has 7 nitrogen and oxygen atoms in total. The molecular formula is C18H26ClN3O4. The van der Waals surface area contributed by atoms with Gasteiger partial charge in [-0.2, -0.15) is 0 Å². The summed E-state index contributed by atoms with van der Waals surface area (Å²) in [4.78, 5) is 30.4. The highest BCUT2D eigenvalue weighted by Crippen LogP contribution is 2.16. The summed E-state index contributed by atoms with van der Waals surface area (Å²) in [6.07, 6.45) is -0.167. The lowest BCUT2D eigenvalue weighted by Gasteiger charge is -2.31. The van der Waals surface area contributed by atoms with Gasteiger partial charge in [-0.25, -0.2) is 9.63 Å². The van der Waals surface area contributed by atoms with Crippen LogP contribution in [0.4, 0.5) is 4.79 Å². The molecule has 1 heterocycles. The summed E-state index contributed by atoms with van der Waals surface area (Å²) in [5.74, 6) is 0.0680. The minimum atomic E-state index is -0.641. The lowest BCUT2D eigenvalue weighted by molar-refractivity contribution is -0.149. The molecule has 0 bridgehead atoms. The van der Waals surface area contributed by atoms with E-state index in [1.807, 2.05) is 7.05 Å². The van der Waals surface area contributed by atoms with E-state index in [9.17, 15) is 9.59 Å². The molecule has 1 saturated heterocycles. The molecule has 1 aromatic rings. The number of nitrogens with zero attached hydrogens (tertiary/aromatic N) is 2. The van der Waals surface area contributed by atoms with Crippen LogP contribution in [0.15, 0.2) is 24.3 Å². The summed E-state index contributed by atoms with van der Waals surface area (Å²) < 4.78 is 10.6. The number of carbonyl (C=O) groups excluding carboxylic acids is 2. The van der Waals surface area contributed by atoms with Gasteiger partial charge in [-0.15, -0.1) is 0 Å². The number of ether oxygens (including phenoxy) is 2. The third-order valence-corrected chi connectivity index (χ3v) is 4.36. The van der Waals surface area contributed by atoms with Crippen molar-refractivity contribution >= 4 is 23.8 Å². The standard InChI is InChI=1S/C18H26ClN3O4/c1-13(2)25-17(23)16(20-19)12-14-4-6-15(7-5-14)26-18(24)22-10-8-21(3)9-11-22/h4-7,13,16,20H,8-12H2,1-3H3/t16-/m0/s1. The van der Waals surface area contributed by atoms with Crippen LogP contribution in [-0.4, -0.2) is 67.2 Å². The first-order valence-electron chi connectivity index (χ1n) is 8.70. The average Bonchev–Trinajstić information content (AvgIpc) is 2.60. The van der Waals surface area contributed by atoms with Crippen LogP contribution in [0.25, 0.3) is 0 Å². The van der Waals surface area contributed by atoms with E-state index in [4.69, 9.17) is 21.3 Å². The maximum atomic E-state index is 12.2. The Bertz CT molecular complexity index is 601. The van der Waals surface area contributed by atoms with Crippen LogP contribution in [-0.2, 0) is 16.0 Å². The first-order chi connectivity index (χ1) is 12.4. The minimum Gasteiger partial charge on any atom is -0.462 e. The van der Waals surface area contributed by atoms with E-state index in [2.05, 4.69) is 9.74 Å². The smallest absolute Gasteiger partial charge is 0.415 e. The van der Waals surface area contributed by atoms with E-state index in [-0.39, 0.29) is 12.2 Å². The maximum absolute atomic E-state index is 12.2. The highest BCUT2D eigenvalue weighted by atomic mass is 35.5. The summed E-state index contributed by atoms with van der Waals surface area (Å²) in [7, 11) is 2.03. The SMILES string of the molecule is CC(C)OC(=O)[C@H](Cc1ccc(OC(=O)N2CCN(C)CC2)cc1)NCl.